The maximum Gasteiger partial charge on any atom is 0.520 e. The lowest BCUT2D eigenvalue weighted by molar-refractivity contribution is -0.144. The highest BCUT2D eigenvalue weighted by atomic mass is 28.4. The van der Waals surface area contributed by atoms with Crippen molar-refractivity contribution >= 4 is 20.7 Å². The van der Waals surface area contributed by atoms with Crippen LogP contribution in [0.15, 0.2) is 0 Å². The molecular formula is C17H35NO6Si. The van der Waals surface area contributed by atoms with Crippen LogP contribution in [0.25, 0.3) is 0 Å². The molecule has 0 heterocycles. The van der Waals surface area contributed by atoms with Crippen molar-refractivity contribution in [1.82, 2.24) is 5.32 Å². The van der Waals surface area contributed by atoms with Crippen LogP contribution < -0.4 is 5.32 Å². The SMILES string of the molecule is CCC(C)(C)CC(C)(C)C(CC(=O)O)C(=O)NC[Si](OC)(OC)OC. The summed E-state index contributed by atoms with van der Waals surface area (Å²) in [5.74, 6) is -1.97. The third-order valence-corrected chi connectivity index (χ3v) is 7.42. The first kappa shape index (κ1) is 24.0. The summed E-state index contributed by atoms with van der Waals surface area (Å²) in [4.78, 5) is 24.1. The summed E-state index contributed by atoms with van der Waals surface area (Å²) >= 11 is 0. The zero-order valence-electron chi connectivity index (χ0n) is 16.9. The van der Waals surface area contributed by atoms with E-state index < -0.39 is 26.1 Å². The normalized spacial score (nSPS) is 14.2. The third-order valence-electron chi connectivity index (χ3n) is 4.94. The lowest BCUT2D eigenvalue weighted by Crippen LogP contribution is -2.55. The number of carboxylic acid groups (broad SMARTS) is 1. The second-order valence-electron chi connectivity index (χ2n) is 7.85. The fraction of sp³-hybridized carbons (Fsp3) is 0.882. The molecule has 0 aliphatic carbocycles. The Morgan fingerprint density at radius 1 is 1.08 bits per heavy atom. The number of nitrogens with one attached hydrogen (secondary N) is 1. The van der Waals surface area contributed by atoms with Gasteiger partial charge in [-0.1, -0.05) is 41.0 Å². The Hall–Kier alpha value is -0.963. The largest absolute Gasteiger partial charge is 0.520 e. The molecule has 0 fully saturated rings. The maximum absolute atomic E-state index is 12.8. The molecule has 0 aromatic heterocycles. The molecule has 0 aromatic carbocycles. The Morgan fingerprint density at radius 3 is 1.92 bits per heavy atom. The second-order valence-corrected chi connectivity index (χ2v) is 10.8. The number of carbonyl (C=O) groups is 2. The van der Waals surface area contributed by atoms with Crippen molar-refractivity contribution in [2.24, 2.45) is 16.7 Å². The van der Waals surface area contributed by atoms with Gasteiger partial charge in [-0.15, -0.1) is 0 Å². The van der Waals surface area contributed by atoms with Gasteiger partial charge in [0.2, 0.25) is 5.91 Å². The third kappa shape index (κ3) is 7.43. The number of aliphatic carboxylic acids is 1. The van der Waals surface area contributed by atoms with Gasteiger partial charge in [-0.2, -0.15) is 0 Å². The summed E-state index contributed by atoms with van der Waals surface area (Å²) in [6, 6.07) is 0. The zero-order valence-corrected chi connectivity index (χ0v) is 17.9. The topological polar surface area (TPSA) is 94.1 Å². The Morgan fingerprint density at radius 2 is 1.56 bits per heavy atom. The van der Waals surface area contributed by atoms with Crippen LogP contribution in [-0.2, 0) is 22.9 Å². The van der Waals surface area contributed by atoms with Crippen molar-refractivity contribution < 1.29 is 28.0 Å². The van der Waals surface area contributed by atoms with Gasteiger partial charge >= 0.3 is 14.8 Å². The van der Waals surface area contributed by atoms with Crippen LogP contribution in [0.1, 0.15) is 53.9 Å². The highest BCUT2D eigenvalue weighted by Crippen LogP contribution is 2.42. The minimum Gasteiger partial charge on any atom is -0.481 e. The molecule has 1 unspecified atom stereocenters. The van der Waals surface area contributed by atoms with Crippen molar-refractivity contribution in [2.75, 3.05) is 27.5 Å². The number of hydrogen-bond acceptors (Lipinski definition) is 5. The van der Waals surface area contributed by atoms with Crippen LogP contribution in [-0.4, -0.2) is 53.3 Å². The molecule has 0 aliphatic rings. The van der Waals surface area contributed by atoms with Crippen molar-refractivity contribution in [3.8, 4) is 0 Å². The summed E-state index contributed by atoms with van der Waals surface area (Å²) in [7, 11) is 1.44. The first-order valence-corrected chi connectivity index (χ1v) is 10.5. The van der Waals surface area contributed by atoms with E-state index in [-0.39, 0.29) is 23.9 Å². The average molecular weight is 378 g/mol. The minimum absolute atomic E-state index is 0.0185. The standard InChI is InChI=1S/C17H35NO6Si/c1-9-16(2,3)11-17(4,5)13(10-14(19)20)15(21)18-12-25(22-6,23-7)24-8/h13H,9-12H2,1-8H3,(H,18,21)(H,19,20). The van der Waals surface area contributed by atoms with E-state index in [1.54, 1.807) is 0 Å². The van der Waals surface area contributed by atoms with Gasteiger partial charge in [0.25, 0.3) is 0 Å². The summed E-state index contributed by atoms with van der Waals surface area (Å²) < 4.78 is 15.9. The average Bonchev–Trinajstić information content (AvgIpc) is 2.53. The van der Waals surface area contributed by atoms with Crippen molar-refractivity contribution in [1.29, 1.82) is 0 Å². The number of carboxylic acids is 1. The van der Waals surface area contributed by atoms with E-state index >= 15 is 0 Å². The van der Waals surface area contributed by atoms with Crippen LogP contribution >= 0.6 is 0 Å². The summed E-state index contributed by atoms with van der Waals surface area (Å²) in [5.41, 5.74) is -0.454. The fourth-order valence-electron chi connectivity index (χ4n) is 3.17. The van der Waals surface area contributed by atoms with E-state index in [2.05, 4.69) is 26.1 Å². The molecule has 0 saturated carbocycles. The van der Waals surface area contributed by atoms with Crippen molar-refractivity contribution in [2.45, 2.75) is 53.9 Å². The molecule has 8 heteroatoms. The molecule has 0 bridgehead atoms. The second kappa shape index (κ2) is 9.66. The van der Waals surface area contributed by atoms with Crippen LogP contribution in [0.4, 0.5) is 0 Å². The van der Waals surface area contributed by atoms with Crippen molar-refractivity contribution in [3.63, 3.8) is 0 Å². The first-order chi connectivity index (χ1) is 11.4. The summed E-state index contributed by atoms with van der Waals surface area (Å²) in [6.07, 6.45) is 1.56. The molecule has 0 rings (SSSR count). The van der Waals surface area contributed by atoms with E-state index in [1.165, 1.54) is 21.3 Å². The number of hydrogen-bond donors (Lipinski definition) is 2. The van der Waals surface area contributed by atoms with E-state index in [0.29, 0.717) is 0 Å². The Bertz CT molecular complexity index is 440. The highest BCUT2D eigenvalue weighted by molar-refractivity contribution is 6.61. The molecule has 25 heavy (non-hydrogen) atoms. The van der Waals surface area contributed by atoms with Crippen molar-refractivity contribution in [3.05, 3.63) is 0 Å². The smallest absolute Gasteiger partial charge is 0.481 e. The predicted octanol–water partition coefficient (Wildman–Crippen LogP) is 2.46. The van der Waals surface area contributed by atoms with Crippen LogP contribution in [0.5, 0.6) is 0 Å². The summed E-state index contributed by atoms with van der Waals surface area (Å²) in [5, 5.41) is 12.0. The Kier molecular flexibility index (Phi) is 9.28. The molecule has 0 aliphatic heterocycles. The minimum atomic E-state index is -2.96. The lowest BCUT2D eigenvalue weighted by atomic mass is 9.66. The molecule has 0 spiro atoms. The molecule has 0 saturated heterocycles. The molecule has 1 atom stereocenters. The zero-order chi connectivity index (χ0) is 19.9. The molecule has 1 amide bonds. The quantitative estimate of drug-likeness (QED) is 0.507. The van der Waals surface area contributed by atoms with Gasteiger partial charge in [0, 0.05) is 21.3 Å². The van der Waals surface area contributed by atoms with Gasteiger partial charge < -0.3 is 23.7 Å². The highest BCUT2D eigenvalue weighted by Gasteiger charge is 2.43. The van der Waals surface area contributed by atoms with E-state index in [0.717, 1.165) is 12.8 Å². The van der Waals surface area contributed by atoms with E-state index in [4.69, 9.17) is 13.3 Å². The molecular weight excluding hydrogens is 342 g/mol. The van der Waals surface area contributed by atoms with Gasteiger partial charge in [0.05, 0.1) is 18.5 Å². The Labute approximate surface area is 152 Å². The molecule has 2 N–H and O–H groups in total. The molecule has 0 aromatic rings. The monoisotopic (exact) mass is 377 g/mol. The Balaban J connectivity index is 5.31. The van der Waals surface area contributed by atoms with Gasteiger partial charge in [0.15, 0.2) is 0 Å². The van der Waals surface area contributed by atoms with E-state index in [9.17, 15) is 14.7 Å². The van der Waals surface area contributed by atoms with Crippen LogP contribution in [0.3, 0.4) is 0 Å². The van der Waals surface area contributed by atoms with E-state index in [1.807, 2.05) is 13.8 Å². The molecule has 0 radical (unpaired) electrons. The van der Waals surface area contributed by atoms with Gasteiger partial charge in [-0.05, 0) is 17.3 Å². The number of amides is 1. The number of rotatable bonds is 12. The maximum atomic E-state index is 12.8. The molecule has 148 valence electrons. The van der Waals surface area contributed by atoms with Gasteiger partial charge in [0.1, 0.15) is 0 Å². The molecule has 7 nitrogen and oxygen atoms in total. The fourth-order valence-corrected chi connectivity index (χ4v) is 4.49. The van der Waals surface area contributed by atoms with Crippen LogP contribution in [0, 0.1) is 16.7 Å². The van der Waals surface area contributed by atoms with Crippen LogP contribution in [0.2, 0.25) is 0 Å². The predicted molar refractivity (Wildman–Crippen MR) is 98.0 cm³/mol. The van der Waals surface area contributed by atoms with Gasteiger partial charge in [-0.25, -0.2) is 0 Å². The lowest BCUT2D eigenvalue weighted by Gasteiger charge is -2.39. The number of carbonyl (C=O) groups excluding carboxylic acids is 1. The first-order valence-electron chi connectivity index (χ1n) is 8.53. The summed E-state index contributed by atoms with van der Waals surface area (Å²) in [6.45, 7) is 10.3. The van der Waals surface area contributed by atoms with Gasteiger partial charge in [-0.3, -0.25) is 9.59 Å².